The minimum atomic E-state index is -0.890. The van der Waals surface area contributed by atoms with Crippen molar-refractivity contribution in [3.63, 3.8) is 0 Å². The Bertz CT molecular complexity index is 1530. The minimum absolute atomic E-state index is 0.0332. The number of ether oxygens (including phenoxy) is 1. The number of phenols is 1. The first-order valence-corrected chi connectivity index (χ1v) is 11.0. The molecule has 0 aromatic heterocycles. The number of carbonyl (C=O) groups is 3. The maximum Gasteiger partial charge on any atom is 0.335 e. The molecule has 7 nitrogen and oxygen atoms in total. The monoisotopic (exact) mass is 482 g/mol. The maximum atomic E-state index is 13.3. The summed E-state index contributed by atoms with van der Waals surface area (Å²) < 4.78 is 19.3. The smallest absolute Gasteiger partial charge is 0.335 e. The second-order valence-corrected chi connectivity index (χ2v) is 8.09. The number of nitrogens with one attached hydrogen (secondary N) is 1. The van der Waals surface area contributed by atoms with Crippen molar-refractivity contribution in [2.45, 2.75) is 6.61 Å². The predicted molar refractivity (Wildman–Crippen MR) is 132 cm³/mol. The normalized spacial score (nSPS) is 14.9. The van der Waals surface area contributed by atoms with Crippen LogP contribution in [0.25, 0.3) is 16.8 Å². The summed E-state index contributed by atoms with van der Waals surface area (Å²) in [5.41, 5.74) is 1.15. The molecule has 0 radical (unpaired) electrons. The summed E-state index contributed by atoms with van der Waals surface area (Å²) in [4.78, 5) is 39.4. The van der Waals surface area contributed by atoms with Gasteiger partial charge in [-0.25, -0.2) is 14.1 Å². The zero-order valence-corrected chi connectivity index (χ0v) is 18.8. The lowest BCUT2D eigenvalue weighted by Crippen LogP contribution is -2.54. The van der Waals surface area contributed by atoms with Gasteiger partial charge in [-0.1, -0.05) is 42.5 Å². The maximum absolute atomic E-state index is 13.3. The van der Waals surface area contributed by atoms with E-state index in [4.69, 9.17) is 4.74 Å². The van der Waals surface area contributed by atoms with E-state index in [1.54, 1.807) is 18.2 Å². The number of aromatic hydroxyl groups is 1. The van der Waals surface area contributed by atoms with Crippen LogP contribution in [-0.4, -0.2) is 23.0 Å². The summed E-state index contributed by atoms with van der Waals surface area (Å²) in [5.74, 6) is -1.64. The van der Waals surface area contributed by atoms with E-state index in [1.807, 2.05) is 30.3 Å². The molecule has 1 fully saturated rings. The molecule has 1 heterocycles. The minimum Gasteiger partial charge on any atom is -0.508 e. The molecule has 2 N–H and O–H groups in total. The van der Waals surface area contributed by atoms with Gasteiger partial charge in [0, 0.05) is 5.56 Å². The molecule has 36 heavy (non-hydrogen) atoms. The van der Waals surface area contributed by atoms with Gasteiger partial charge in [-0.3, -0.25) is 14.9 Å². The first kappa shape index (κ1) is 22.8. The molecule has 5 rings (SSSR count). The number of hydrogen-bond acceptors (Lipinski definition) is 5. The third-order valence-corrected chi connectivity index (χ3v) is 5.74. The molecule has 1 aliphatic heterocycles. The Hall–Kier alpha value is -4.98. The van der Waals surface area contributed by atoms with Gasteiger partial charge in [-0.05, 0) is 64.9 Å². The van der Waals surface area contributed by atoms with E-state index in [9.17, 15) is 23.9 Å². The number of benzene rings is 4. The van der Waals surface area contributed by atoms with Gasteiger partial charge in [0.25, 0.3) is 11.8 Å². The molecule has 4 aromatic rings. The molecule has 1 aliphatic rings. The van der Waals surface area contributed by atoms with Crippen molar-refractivity contribution in [2.75, 3.05) is 4.90 Å². The highest BCUT2D eigenvalue weighted by Crippen LogP contribution is 2.32. The van der Waals surface area contributed by atoms with Crippen LogP contribution < -0.4 is 15.0 Å². The van der Waals surface area contributed by atoms with Crippen LogP contribution in [-0.2, 0) is 16.2 Å². The van der Waals surface area contributed by atoms with Gasteiger partial charge in [-0.15, -0.1) is 0 Å². The Morgan fingerprint density at radius 3 is 2.36 bits per heavy atom. The molecule has 4 amide bonds. The van der Waals surface area contributed by atoms with Crippen LogP contribution in [0.15, 0.2) is 90.5 Å². The summed E-state index contributed by atoms with van der Waals surface area (Å²) in [6.07, 6.45) is 1.40. The molecule has 8 heteroatoms. The fraction of sp³-hybridized carbons (Fsp3) is 0.0357. The summed E-state index contributed by atoms with van der Waals surface area (Å²) in [6.45, 7) is 0.132. The van der Waals surface area contributed by atoms with Crippen molar-refractivity contribution in [3.05, 3.63) is 107 Å². The first-order chi connectivity index (χ1) is 17.4. The summed E-state index contributed by atoms with van der Waals surface area (Å²) in [6, 6.07) is 21.4. The molecule has 0 aliphatic carbocycles. The van der Waals surface area contributed by atoms with Crippen LogP contribution in [0.5, 0.6) is 11.5 Å². The molecular weight excluding hydrogens is 463 g/mol. The standard InChI is InChI=1S/C28H19FN2O5/c29-19-8-5-17(6-9-19)16-36-25-14-7-18-3-1-2-4-22(18)23(25)15-24-26(33)30-28(35)31(27(24)34)20-10-12-21(32)13-11-20/h1-15,32H,16H2,(H,30,33,35)/b24-15+. The van der Waals surface area contributed by atoms with Gasteiger partial charge < -0.3 is 9.84 Å². The van der Waals surface area contributed by atoms with Crippen LogP contribution in [0.2, 0.25) is 0 Å². The Balaban J connectivity index is 1.57. The number of imide groups is 2. The highest BCUT2D eigenvalue weighted by Gasteiger charge is 2.37. The van der Waals surface area contributed by atoms with Crippen LogP contribution in [0.3, 0.4) is 0 Å². The molecule has 4 aromatic carbocycles. The van der Waals surface area contributed by atoms with Crippen molar-refractivity contribution >= 4 is 40.4 Å². The molecule has 0 saturated carbocycles. The Labute approximate surface area is 205 Å². The number of urea groups is 1. The summed E-state index contributed by atoms with van der Waals surface area (Å²) in [7, 11) is 0. The van der Waals surface area contributed by atoms with Crippen molar-refractivity contribution in [2.24, 2.45) is 0 Å². The largest absolute Gasteiger partial charge is 0.508 e. The van der Waals surface area contributed by atoms with Gasteiger partial charge in [0.05, 0.1) is 5.69 Å². The van der Waals surface area contributed by atoms with E-state index in [-0.39, 0.29) is 29.4 Å². The number of phenolic OH excluding ortho intramolecular Hbond substituents is 1. The van der Waals surface area contributed by atoms with Gasteiger partial charge in [-0.2, -0.15) is 0 Å². The quantitative estimate of drug-likeness (QED) is 0.311. The van der Waals surface area contributed by atoms with E-state index >= 15 is 0 Å². The predicted octanol–water partition coefficient (Wildman–Crippen LogP) is 4.93. The molecule has 0 atom stereocenters. The van der Waals surface area contributed by atoms with E-state index in [0.29, 0.717) is 11.3 Å². The highest BCUT2D eigenvalue weighted by atomic mass is 19.1. The third-order valence-electron chi connectivity index (χ3n) is 5.74. The Morgan fingerprint density at radius 2 is 1.61 bits per heavy atom. The SMILES string of the molecule is O=C1NC(=O)N(c2ccc(O)cc2)C(=O)/C1=C/c1c(OCc2ccc(F)cc2)ccc2ccccc12. The molecular formula is C28H19FN2O5. The number of halogens is 1. The second kappa shape index (κ2) is 9.34. The fourth-order valence-corrected chi connectivity index (χ4v) is 3.93. The molecule has 0 unspecified atom stereocenters. The van der Waals surface area contributed by atoms with Crippen molar-refractivity contribution in [1.82, 2.24) is 5.32 Å². The summed E-state index contributed by atoms with van der Waals surface area (Å²) in [5, 5.41) is 13.3. The first-order valence-electron chi connectivity index (χ1n) is 11.0. The fourth-order valence-electron chi connectivity index (χ4n) is 3.93. The van der Waals surface area contributed by atoms with Crippen molar-refractivity contribution < 1.29 is 28.6 Å². The Morgan fingerprint density at radius 1 is 0.889 bits per heavy atom. The van der Waals surface area contributed by atoms with Gasteiger partial charge in [0.1, 0.15) is 29.5 Å². The molecule has 1 saturated heterocycles. The van der Waals surface area contributed by atoms with Crippen LogP contribution in [0.4, 0.5) is 14.9 Å². The van der Waals surface area contributed by atoms with Crippen molar-refractivity contribution in [3.8, 4) is 11.5 Å². The number of carbonyl (C=O) groups excluding carboxylic acids is 3. The third kappa shape index (κ3) is 4.39. The Kier molecular flexibility index (Phi) is 5.92. The van der Waals surface area contributed by atoms with Crippen LogP contribution >= 0.6 is 0 Å². The summed E-state index contributed by atoms with van der Waals surface area (Å²) >= 11 is 0. The van der Waals surface area contributed by atoms with E-state index < -0.39 is 17.8 Å². The average Bonchev–Trinajstić information content (AvgIpc) is 2.87. The van der Waals surface area contributed by atoms with E-state index in [2.05, 4.69) is 5.32 Å². The lowest BCUT2D eigenvalue weighted by Gasteiger charge is -2.26. The van der Waals surface area contributed by atoms with E-state index in [0.717, 1.165) is 21.2 Å². The number of barbiturate groups is 1. The zero-order chi connectivity index (χ0) is 25.2. The van der Waals surface area contributed by atoms with Gasteiger partial charge in [0.2, 0.25) is 0 Å². The van der Waals surface area contributed by atoms with Crippen LogP contribution in [0, 0.1) is 5.82 Å². The molecule has 178 valence electrons. The van der Waals surface area contributed by atoms with E-state index in [1.165, 1.54) is 42.5 Å². The number of anilines is 1. The lowest BCUT2D eigenvalue weighted by atomic mass is 9.99. The number of nitrogens with zero attached hydrogens (tertiary/aromatic N) is 1. The van der Waals surface area contributed by atoms with Crippen molar-refractivity contribution in [1.29, 1.82) is 0 Å². The van der Waals surface area contributed by atoms with Gasteiger partial charge in [0.15, 0.2) is 0 Å². The molecule has 0 bridgehead atoms. The highest BCUT2D eigenvalue weighted by molar-refractivity contribution is 6.39. The topological polar surface area (TPSA) is 95.9 Å². The number of fused-ring (bicyclic) bond motifs is 1. The number of amides is 4. The molecule has 0 spiro atoms. The van der Waals surface area contributed by atoms with Gasteiger partial charge >= 0.3 is 6.03 Å². The second-order valence-electron chi connectivity index (χ2n) is 8.09. The van der Waals surface area contributed by atoms with Crippen LogP contribution in [0.1, 0.15) is 11.1 Å². The lowest BCUT2D eigenvalue weighted by molar-refractivity contribution is -0.122. The number of hydrogen-bond donors (Lipinski definition) is 2. The number of rotatable bonds is 5. The average molecular weight is 482 g/mol. The zero-order valence-electron chi connectivity index (χ0n) is 18.8.